The molecule has 1 aromatic carbocycles. The molecule has 8 heteroatoms. The Labute approximate surface area is 172 Å². The Kier molecular flexibility index (Phi) is 5.82. The van der Waals surface area contributed by atoms with Crippen molar-refractivity contribution in [2.45, 2.75) is 26.7 Å². The number of hydrogen-bond donors (Lipinski definition) is 0. The van der Waals surface area contributed by atoms with Crippen molar-refractivity contribution in [3.05, 3.63) is 45.0 Å². The molecule has 0 saturated heterocycles. The highest BCUT2D eigenvalue weighted by molar-refractivity contribution is 6.50. The van der Waals surface area contributed by atoms with Crippen LogP contribution in [-0.2, 0) is 20.8 Å². The standard InChI is InChI=1S/C20H19Cl2N3O3/c1-10(2)13-6-12(23-9-18(13)27)7-14-15(21)4-11(5-16(14)22)20-17(26)8-19(28)25(3)24-20/h4-6,10H,7-9H2,1-3H3. The summed E-state index contributed by atoms with van der Waals surface area (Å²) in [4.78, 5) is 40.1. The summed E-state index contributed by atoms with van der Waals surface area (Å²) in [6.45, 7) is 4.05. The van der Waals surface area contributed by atoms with Crippen molar-refractivity contribution in [1.82, 2.24) is 5.01 Å². The zero-order valence-electron chi connectivity index (χ0n) is 15.8. The van der Waals surface area contributed by atoms with E-state index in [1.807, 2.05) is 13.8 Å². The van der Waals surface area contributed by atoms with E-state index in [2.05, 4.69) is 10.1 Å². The smallest absolute Gasteiger partial charge is 0.250 e. The molecule has 1 aromatic rings. The first-order valence-corrected chi connectivity index (χ1v) is 9.57. The number of benzene rings is 1. The highest BCUT2D eigenvalue weighted by atomic mass is 35.5. The molecule has 3 rings (SSSR count). The third-order valence-electron chi connectivity index (χ3n) is 4.65. The molecule has 1 amide bonds. The van der Waals surface area contributed by atoms with Gasteiger partial charge in [0.2, 0.25) is 5.91 Å². The van der Waals surface area contributed by atoms with Crippen LogP contribution >= 0.6 is 23.2 Å². The molecule has 0 aromatic heterocycles. The zero-order valence-corrected chi connectivity index (χ0v) is 17.3. The van der Waals surface area contributed by atoms with Crippen molar-refractivity contribution in [1.29, 1.82) is 0 Å². The van der Waals surface area contributed by atoms with Crippen LogP contribution in [0.2, 0.25) is 10.0 Å². The Hall–Kier alpha value is -2.31. The molecule has 28 heavy (non-hydrogen) atoms. The van der Waals surface area contributed by atoms with E-state index in [0.717, 1.165) is 16.3 Å². The fraction of sp³-hybridized carbons (Fsp3) is 0.350. The van der Waals surface area contributed by atoms with Crippen LogP contribution in [0.25, 0.3) is 0 Å². The van der Waals surface area contributed by atoms with Gasteiger partial charge >= 0.3 is 0 Å². The largest absolute Gasteiger partial charge is 0.292 e. The van der Waals surface area contributed by atoms with Crippen LogP contribution in [0, 0.1) is 5.92 Å². The number of hydrogen-bond acceptors (Lipinski definition) is 5. The van der Waals surface area contributed by atoms with E-state index in [1.165, 1.54) is 7.05 Å². The SMILES string of the molecule is CC(C)C1=CC(Cc2c(Cl)cc(C3=NN(C)C(=O)CC3=O)cc2Cl)=NCC1=O. The molecule has 2 aliphatic heterocycles. The van der Waals surface area contributed by atoms with Crippen LogP contribution in [0.4, 0.5) is 0 Å². The van der Waals surface area contributed by atoms with Gasteiger partial charge in [0.15, 0.2) is 11.6 Å². The average molecular weight is 420 g/mol. The van der Waals surface area contributed by atoms with Gasteiger partial charge in [-0.25, -0.2) is 5.01 Å². The number of carbonyl (C=O) groups excluding carboxylic acids is 3. The number of aliphatic imine (C=N–C) groups is 1. The normalized spacial score (nSPS) is 17.7. The summed E-state index contributed by atoms with van der Waals surface area (Å²) in [6, 6.07) is 3.23. The molecule has 146 valence electrons. The van der Waals surface area contributed by atoms with E-state index >= 15 is 0 Å². The number of halogens is 2. The van der Waals surface area contributed by atoms with Gasteiger partial charge in [0.05, 0.1) is 6.42 Å². The molecule has 0 unspecified atom stereocenters. The lowest BCUT2D eigenvalue weighted by Crippen LogP contribution is -2.35. The molecule has 2 heterocycles. The van der Waals surface area contributed by atoms with Crippen molar-refractivity contribution >= 4 is 52.1 Å². The maximum atomic E-state index is 12.2. The highest BCUT2D eigenvalue weighted by Crippen LogP contribution is 2.29. The second-order valence-electron chi connectivity index (χ2n) is 7.05. The van der Waals surface area contributed by atoms with Gasteiger partial charge in [-0.15, -0.1) is 0 Å². The van der Waals surface area contributed by atoms with Crippen molar-refractivity contribution in [2.75, 3.05) is 13.6 Å². The molecule has 6 nitrogen and oxygen atoms in total. The predicted octanol–water partition coefficient (Wildman–Crippen LogP) is 3.28. The maximum Gasteiger partial charge on any atom is 0.250 e. The molecular weight excluding hydrogens is 401 g/mol. The van der Waals surface area contributed by atoms with Gasteiger partial charge in [0.1, 0.15) is 12.3 Å². The summed E-state index contributed by atoms with van der Waals surface area (Å²) in [7, 11) is 1.49. The van der Waals surface area contributed by atoms with E-state index in [-0.39, 0.29) is 42.1 Å². The maximum absolute atomic E-state index is 12.2. The number of rotatable bonds is 4. The minimum Gasteiger partial charge on any atom is -0.292 e. The second kappa shape index (κ2) is 7.97. The zero-order chi connectivity index (χ0) is 20.6. The summed E-state index contributed by atoms with van der Waals surface area (Å²) < 4.78 is 0. The van der Waals surface area contributed by atoms with Crippen LogP contribution < -0.4 is 0 Å². The van der Waals surface area contributed by atoms with E-state index in [1.54, 1.807) is 18.2 Å². The summed E-state index contributed by atoms with van der Waals surface area (Å²) in [6.07, 6.45) is 1.94. The summed E-state index contributed by atoms with van der Waals surface area (Å²) in [5.74, 6) is -0.594. The quantitative estimate of drug-likeness (QED) is 0.702. The Bertz CT molecular complexity index is 954. The molecule has 0 aliphatic carbocycles. The first kappa shape index (κ1) is 20.4. The van der Waals surface area contributed by atoms with Gasteiger partial charge in [-0.05, 0) is 29.7 Å². The Morgan fingerprint density at radius 1 is 1.11 bits per heavy atom. The fourth-order valence-corrected chi connectivity index (χ4v) is 3.69. The molecular formula is C20H19Cl2N3O3. The molecule has 0 fully saturated rings. The van der Waals surface area contributed by atoms with Gasteiger partial charge in [-0.1, -0.05) is 37.0 Å². The van der Waals surface area contributed by atoms with Crippen molar-refractivity contribution in [3.63, 3.8) is 0 Å². The molecule has 0 radical (unpaired) electrons. The van der Waals surface area contributed by atoms with Gasteiger partial charge in [0.25, 0.3) is 0 Å². The minimum absolute atomic E-state index is 0.0266. The summed E-state index contributed by atoms with van der Waals surface area (Å²) in [5, 5.41) is 5.92. The lowest BCUT2D eigenvalue weighted by Gasteiger charge is -2.20. The van der Waals surface area contributed by atoms with Crippen LogP contribution in [-0.4, -0.2) is 47.5 Å². The minimum atomic E-state index is -0.373. The Morgan fingerprint density at radius 3 is 2.36 bits per heavy atom. The fourth-order valence-electron chi connectivity index (χ4n) is 3.07. The van der Waals surface area contributed by atoms with E-state index in [9.17, 15) is 14.4 Å². The number of dihydropyridines is 1. The number of amides is 1. The van der Waals surface area contributed by atoms with E-state index in [0.29, 0.717) is 27.6 Å². The van der Waals surface area contributed by atoms with Crippen LogP contribution in [0.15, 0.2) is 33.9 Å². The Morgan fingerprint density at radius 2 is 1.75 bits per heavy atom. The van der Waals surface area contributed by atoms with Crippen LogP contribution in [0.3, 0.4) is 0 Å². The topological polar surface area (TPSA) is 79.2 Å². The molecule has 0 N–H and O–H groups in total. The van der Waals surface area contributed by atoms with Gasteiger partial charge < -0.3 is 0 Å². The van der Waals surface area contributed by atoms with E-state index < -0.39 is 0 Å². The Balaban J connectivity index is 1.92. The van der Waals surface area contributed by atoms with Gasteiger partial charge in [-0.3, -0.25) is 19.4 Å². The first-order valence-electron chi connectivity index (χ1n) is 8.82. The number of hydrazone groups is 1. The van der Waals surface area contributed by atoms with Gasteiger partial charge in [0, 0.05) is 40.4 Å². The summed E-state index contributed by atoms with van der Waals surface area (Å²) in [5.41, 5.74) is 2.75. The predicted molar refractivity (Wildman–Crippen MR) is 109 cm³/mol. The van der Waals surface area contributed by atoms with Crippen molar-refractivity contribution in [2.24, 2.45) is 16.0 Å². The number of allylic oxidation sites excluding steroid dienone is 1. The van der Waals surface area contributed by atoms with Crippen LogP contribution in [0.1, 0.15) is 31.4 Å². The average Bonchev–Trinajstić information content (AvgIpc) is 2.62. The molecule has 0 saturated carbocycles. The monoisotopic (exact) mass is 419 g/mol. The molecule has 2 aliphatic rings. The molecule has 0 bridgehead atoms. The number of Topliss-reactive ketones (excluding diaryl/α,β-unsaturated/α-hetero) is 2. The first-order chi connectivity index (χ1) is 13.2. The molecule has 0 atom stereocenters. The number of nitrogens with zero attached hydrogens (tertiary/aromatic N) is 3. The van der Waals surface area contributed by atoms with Crippen molar-refractivity contribution in [3.8, 4) is 0 Å². The van der Waals surface area contributed by atoms with Crippen LogP contribution in [0.5, 0.6) is 0 Å². The van der Waals surface area contributed by atoms with E-state index in [4.69, 9.17) is 23.2 Å². The van der Waals surface area contributed by atoms with Crippen molar-refractivity contribution < 1.29 is 14.4 Å². The lowest BCUT2D eigenvalue weighted by atomic mass is 9.93. The second-order valence-corrected chi connectivity index (χ2v) is 7.86. The highest BCUT2D eigenvalue weighted by Gasteiger charge is 2.27. The number of ketones is 2. The lowest BCUT2D eigenvalue weighted by molar-refractivity contribution is -0.134. The third-order valence-corrected chi connectivity index (χ3v) is 5.33. The summed E-state index contributed by atoms with van der Waals surface area (Å²) >= 11 is 12.9. The molecule has 0 spiro atoms. The number of carbonyl (C=O) groups is 3. The third kappa shape index (κ3) is 4.08. The van der Waals surface area contributed by atoms with Gasteiger partial charge in [-0.2, -0.15) is 5.10 Å².